The Morgan fingerprint density at radius 2 is 2.00 bits per heavy atom. The van der Waals surface area contributed by atoms with E-state index < -0.39 is 0 Å². The third-order valence-electron chi connectivity index (χ3n) is 3.27. The van der Waals surface area contributed by atoms with Gasteiger partial charge in [-0.2, -0.15) is 5.26 Å². The fraction of sp³-hybridized carbons (Fsp3) is 0.235. The lowest BCUT2D eigenvalue weighted by atomic mass is 10.1. The van der Waals surface area contributed by atoms with Crippen LogP contribution in [0.5, 0.6) is 0 Å². The van der Waals surface area contributed by atoms with Gasteiger partial charge in [0.05, 0.1) is 11.6 Å². The predicted octanol–water partition coefficient (Wildman–Crippen LogP) is 4.24. The molecule has 0 fully saturated rings. The molecule has 3 heteroatoms. The van der Waals surface area contributed by atoms with Crippen molar-refractivity contribution in [2.24, 2.45) is 0 Å². The van der Waals surface area contributed by atoms with Crippen molar-refractivity contribution in [3.8, 4) is 6.07 Å². The number of nitriles is 1. The van der Waals surface area contributed by atoms with Gasteiger partial charge in [-0.25, -0.2) is 0 Å². The lowest BCUT2D eigenvalue weighted by Crippen LogP contribution is -2.17. The Bertz CT molecular complexity index is 644. The molecule has 2 nitrogen and oxygen atoms in total. The van der Waals surface area contributed by atoms with Crippen molar-refractivity contribution < 1.29 is 0 Å². The molecule has 0 bridgehead atoms. The second-order valence-electron chi connectivity index (χ2n) is 4.93. The summed E-state index contributed by atoms with van der Waals surface area (Å²) >= 11 is 6.03. The first-order valence-electron chi connectivity index (χ1n) is 6.49. The highest BCUT2D eigenvalue weighted by atomic mass is 35.5. The monoisotopic (exact) mass is 284 g/mol. The zero-order valence-corrected chi connectivity index (χ0v) is 12.5. The van der Waals surface area contributed by atoms with Crippen LogP contribution in [0.3, 0.4) is 0 Å². The molecule has 2 aromatic carbocycles. The SMILES string of the molecule is Cc1ccc(N(C)Cc2cccc(C#N)c2)c(CCl)c1. The fourth-order valence-corrected chi connectivity index (χ4v) is 2.51. The standard InChI is InChI=1S/C17H17ClN2/c1-13-6-7-17(16(8-13)10-18)20(2)12-15-5-3-4-14(9-15)11-19/h3-9H,10,12H2,1-2H3. The van der Waals surface area contributed by atoms with E-state index in [9.17, 15) is 0 Å². The topological polar surface area (TPSA) is 27.0 Å². The van der Waals surface area contributed by atoms with Gasteiger partial charge in [-0.05, 0) is 36.2 Å². The van der Waals surface area contributed by atoms with Gasteiger partial charge >= 0.3 is 0 Å². The van der Waals surface area contributed by atoms with Gasteiger partial charge in [0.15, 0.2) is 0 Å². The minimum absolute atomic E-state index is 0.500. The molecule has 0 aliphatic heterocycles. The van der Waals surface area contributed by atoms with E-state index in [4.69, 9.17) is 16.9 Å². The van der Waals surface area contributed by atoms with Crippen molar-refractivity contribution in [1.82, 2.24) is 0 Å². The van der Waals surface area contributed by atoms with E-state index in [0.29, 0.717) is 11.4 Å². The highest BCUT2D eigenvalue weighted by Crippen LogP contribution is 2.24. The summed E-state index contributed by atoms with van der Waals surface area (Å²) in [5.74, 6) is 0.500. The van der Waals surface area contributed by atoms with Crippen molar-refractivity contribution in [3.05, 3.63) is 64.7 Å². The average Bonchev–Trinajstić information content (AvgIpc) is 2.47. The van der Waals surface area contributed by atoms with E-state index in [2.05, 4.69) is 36.1 Å². The Balaban J connectivity index is 2.23. The summed E-state index contributed by atoms with van der Waals surface area (Å²) in [6, 6.07) is 16.2. The summed E-state index contributed by atoms with van der Waals surface area (Å²) < 4.78 is 0. The van der Waals surface area contributed by atoms with Gasteiger partial charge in [0.2, 0.25) is 0 Å². The van der Waals surface area contributed by atoms with Crippen LogP contribution in [-0.2, 0) is 12.4 Å². The minimum atomic E-state index is 0.500. The van der Waals surface area contributed by atoms with E-state index in [-0.39, 0.29) is 0 Å². The van der Waals surface area contributed by atoms with Gasteiger partial charge in [-0.1, -0.05) is 29.8 Å². The summed E-state index contributed by atoms with van der Waals surface area (Å²) in [4.78, 5) is 2.16. The molecule has 0 amide bonds. The lowest BCUT2D eigenvalue weighted by Gasteiger charge is -2.22. The average molecular weight is 285 g/mol. The minimum Gasteiger partial charge on any atom is -0.370 e. The maximum Gasteiger partial charge on any atom is 0.0991 e. The maximum atomic E-state index is 8.94. The van der Waals surface area contributed by atoms with E-state index >= 15 is 0 Å². The molecule has 0 aromatic heterocycles. The van der Waals surface area contributed by atoms with E-state index in [1.165, 1.54) is 5.56 Å². The van der Waals surface area contributed by atoms with Crippen molar-refractivity contribution in [3.63, 3.8) is 0 Å². The van der Waals surface area contributed by atoms with Crippen LogP contribution in [-0.4, -0.2) is 7.05 Å². The molecule has 0 saturated heterocycles. The summed E-state index contributed by atoms with van der Waals surface area (Å²) in [5.41, 5.74) is 5.29. The number of hydrogen-bond acceptors (Lipinski definition) is 2. The van der Waals surface area contributed by atoms with Crippen LogP contribution < -0.4 is 4.90 Å². The quantitative estimate of drug-likeness (QED) is 0.785. The first kappa shape index (κ1) is 14.4. The summed E-state index contributed by atoms with van der Waals surface area (Å²) in [6.07, 6.45) is 0. The first-order valence-corrected chi connectivity index (χ1v) is 7.03. The number of halogens is 1. The second kappa shape index (κ2) is 6.45. The molecule has 0 aliphatic rings. The third kappa shape index (κ3) is 3.31. The third-order valence-corrected chi connectivity index (χ3v) is 3.55. The molecule has 0 aliphatic carbocycles. The van der Waals surface area contributed by atoms with Gasteiger partial charge in [-0.3, -0.25) is 0 Å². The van der Waals surface area contributed by atoms with Crippen molar-refractivity contribution in [2.75, 3.05) is 11.9 Å². The van der Waals surface area contributed by atoms with E-state index in [1.54, 1.807) is 0 Å². The molecule has 0 heterocycles. The largest absolute Gasteiger partial charge is 0.370 e. The highest BCUT2D eigenvalue weighted by Gasteiger charge is 2.08. The van der Waals surface area contributed by atoms with Crippen LogP contribution in [0, 0.1) is 18.3 Å². The smallest absolute Gasteiger partial charge is 0.0991 e. The molecule has 102 valence electrons. The molecule has 0 saturated carbocycles. The number of anilines is 1. The molecule has 0 spiro atoms. The fourth-order valence-electron chi connectivity index (χ4n) is 2.29. The molecule has 20 heavy (non-hydrogen) atoms. The lowest BCUT2D eigenvalue weighted by molar-refractivity contribution is 0.915. The number of rotatable bonds is 4. The maximum absolute atomic E-state index is 8.94. The summed E-state index contributed by atoms with van der Waals surface area (Å²) in [6.45, 7) is 2.82. The number of benzene rings is 2. The predicted molar refractivity (Wildman–Crippen MR) is 84.0 cm³/mol. The number of hydrogen-bond donors (Lipinski definition) is 0. The van der Waals surface area contributed by atoms with Crippen LogP contribution in [0.1, 0.15) is 22.3 Å². The van der Waals surface area contributed by atoms with Crippen molar-refractivity contribution in [1.29, 1.82) is 5.26 Å². The van der Waals surface area contributed by atoms with Crippen LogP contribution in [0.15, 0.2) is 42.5 Å². The Morgan fingerprint density at radius 3 is 2.70 bits per heavy atom. The molecule has 0 radical (unpaired) electrons. The molecule has 0 N–H and O–H groups in total. The summed E-state index contributed by atoms with van der Waals surface area (Å²) in [7, 11) is 2.04. The normalized spacial score (nSPS) is 10.1. The Labute approximate surface area is 125 Å². The zero-order chi connectivity index (χ0) is 14.5. The molecule has 2 rings (SSSR count). The molecule has 0 unspecified atom stereocenters. The van der Waals surface area contributed by atoms with Crippen LogP contribution in [0.2, 0.25) is 0 Å². The van der Waals surface area contributed by atoms with Crippen LogP contribution in [0.4, 0.5) is 5.69 Å². The summed E-state index contributed by atoms with van der Waals surface area (Å²) in [5, 5.41) is 8.94. The van der Waals surface area contributed by atoms with Gasteiger partial charge < -0.3 is 4.90 Å². The van der Waals surface area contributed by atoms with Crippen LogP contribution >= 0.6 is 11.6 Å². The van der Waals surface area contributed by atoms with Gasteiger partial charge in [-0.15, -0.1) is 11.6 Å². The molecule has 0 atom stereocenters. The molecule has 2 aromatic rings. The van der Waals surface area contributed by atoms with Crippen molar-refractivity contribution >= 4 is 17.3 Å². The first-order chi connectivity index (χ1) is 9.63. The Hall–Kier alpha value is -1.98. The highest BCUT2D eigenvalue weighted by molar-refractivity contribution is 6.17. The molecular weight excluding hydrogens is 268 g/mol. The second-order valence-corrected chi connectivity index (χ2v) is 5.20. The van der Waals surface area contributed by atoms with Gasteiger partial charge in [0.1, 0.15) is 0 Å². The van der Waals surface area contributed by atoms with E-state index in [1.807, 2.05) is 31.3 Å². The van der Waals surface area contributed by atoms with Gasteiger partial charge in [0, 0.05) is 25.2 Å². The Kier molecular flexibility index (Phi) is 4.65. The number of alkyl halides is 1. The Morgan fingerprint density at radius 1 is 1.20 bits per heavy atom. The zero-order valence-electron chi connectivity index (χ0n) is 11.7. The van der Waals surface area contributed by atoms with E-state index in [0.717, 1.165) is 23.4 Å². The van der Waals surface area contributed by atoms with Crippen LogP contribution in [0.25, 0.3) is 0 Å². The number of nitrogens with zero attached hydrogens (tertiary/aromatic N) is 2. The number of aryl methyl sites for hydroxylation is 1. The van der Waals surface area contributed by atoms with Crippen molar-refractivity contribution in [2.45, 2.75) is 19.3 Å². The van der Waals surface area contributed by atoms with Gasteiger partial charge in [0.25, 0.3) is 0 Å². The molecular formula is C17H17ClN2.